The van der Waals surface area contributed by atoms with Crippen molar-refractivity contribution in [1.82, 2.24) is 9.97 Å². The summed E-state index contributed by atoms with van der Waals surface area (Å²) >= 11 is 0. The molecule has 1 aromatic heterocycles. The third-order valence-corrected chi connectivity index (χ3v) is 4.68. The predicted octanol–water partition coefficient (Wildman–Crippen LogP) is 2.03. The molecule has 1 aliphatic carbocycles. The zero-order valence-electron chi connectivity index (χ0n) is 16.1. The molecule has 0 amide bonds. The lowest BCUT2D eigenvalue weighted by Crippen LogP contribution is -2.34. The van der Waals surface area contributed by atoms with Crippen molar-refractivity contribution < 1.29 is 28.4 Å². The van der Waals surface area contributed by atoms with Gasteiger partial charge in [-0.2, -0.15) is 0 Å². The Hall–Kier alpha value is -1.19. The van der Waals surface area contributed by atoms with Crippen LogP contribution in [0.4, 0.5) is 4.39 Å². The van der Waals surface area contributed by atoms with Gasteiger partial charge in [-0.05, 0) is 31.7 Å². The van der Waals surface area contributed by atoms with Crippen LogP contribution in [0.1, 0.15) is 43.1 Å². The summed E-state index contributed by atoms with van der Waals surface area (Å²) in [5, 5.41) is 9.18. The molecular formula is C19H31FN2O5. The molecule has 2 rings (SSSR count). The fraction of sp³-hybridized carbons (Fsp3) is 0.789. The van der Waals surface area contributed by atoms with Gasteiger partial charge in [-0.25, -0.2) is 14.4 Å². The van der Waals surface area contributed by atoms with Crippen LogP contribution in [0.25, 0.3) is 0 Å². The van der Waals surface area contributed by atoms with Gasteiger partial charge in [0.15, 0.2) is 0 Å². The van der Waals surface area contributed by atoms with E-state index in [4.69, 9.17) is 18.9 Å². The Labute approximate surface area is 160 Å². The van der Waals surface area contributed by atoms with Gasteiger partial charge in [-0.1, -0.05) is 0 Å². The summed E-state index contributed by atoms with van der Waals surface area (Å²) < 4.78 is 35.9. The highest BCUT2D eigenvalue weighted by Gasteiger charge is 2.36. The molecule has 0 spiro atoms. The number of hydrogen-bond acceptors (Lipinski definition) is 7. The molecule has 8 heteroatoms. The van der Waals surface area contributed by atoms with Crippen LogP contribution in [-0.2, 0) is 25.6 Å². The zero-order valence-corrected chi connectivity index (χ0v) is 16.1. The topological polar surface area (TPSA) is 82.9 Å². The van der Waals surface area contributed by atoms with E-state index in [1.165, 1.54) is 0 Å². The first-order valence-corrected chi connectivity index (χ1v) is 9.50. The Morgan fingerprint density at radius 2 is 1.70 bits per heavy atom. The minimum atomic E-state index is -1.30. The van der Waals surface area contributed by atoms with E-state index in [9.17, 15) is 9.50 Å². The highest BCUT2D eigenvalue weighted by atomic mass is 19.1. The molecule has 1 aromatic rings. The lowest BCUT2D eigenvalue weighted by molar-refractivity contribution is -0.0378. The van der Waals surface area contributed by atoms with Crippen LogP contribution in [0.5, 0.6) is 0 Å². The van der Waals surface area contributed by atoms with E-state index < -0.39 is 5.67 Å². The SMILES string of the molecule is COCCOCCOCCOCC1(F)CCC(c2nccc(CO)n2)CC1. The monoisotopic (exact) mass is 386 g/mol. The summed E-state index contributed by atoms with van der Waals surface area (Å²) in [4.78, 5) is 8.62. The van der Waals surface area contributed by atoms with Gasteiger partial charge < -0.3 is 24.1 Å². The molecule has 1 saturated carbocycles. The lowest BCUT2D eigenvalue weighted by Gasteiger charge is -2.33. The quantitative estimate of drug-likeness (QED) is 0.519. The number of ether oxygens (including phenoxy) is 4. The lowest BCUT2D eigenvalue weighted by atomic mass is 9.80. The molecule has 1 fully saturated rings. The molecule has 0 bridgehead atoms. The summed E-state index contributed by atoms with van der Waals surface area (Å²) in [6.45, 7) is 2.90. The van der Waals surface area contributed by atoms with Gasteiger partial charge in [-0.15, -0.1) is 0 Å². The van der Waals surface area contributed by atoms with Crippen molar-refractivity contribution in [3.05, 3.63) is 23.8 Å². The molecule has 0 aromatic carbocycles. The van der Waals surface area contributed by atoms with Crippen LogP contribution in [0.3, 0.4) is 0 Å². The predicted molar refractivity (Wildman–Crippen MR) is 97.3 cm³/mol. The molecule has 0 radical (unpaired) electrons. The Kier molecular flexibility index (Phi) is 10.1. The standard InChI is InChI=1S/C19H31FN2O5/c1-24-8-9-25-10-11-26-12-13-27-15-19(20)5-2-16(3-6-19)18-21-7-4-17(14-23)22-18/h4,7,16,23H,2-3,5-6,8-15H2,1H3. The Morgan fingerprint density at radius 1 is 1.07 bits per heavy atom. The van der Waals surface area contributed by atoms with Crippen molar-refractivity contribution >= 4 is 0 Å². The molecule has 0 saturated heterocycles. The number of nitrogens with zero attached hydrogens (tertiary/aromatic N) is 2. The molecule has 27 heavy (non-hydrogen) atoms. The molecule has 0 atom stereocenters. The van der Waals surface area contributed by atoms with E-state index in [0.717, 1.165) is 0 Å². The van der Waals surface area contributed by atoms with Gasteiger partial charge in [0.1, 0.15) is 11.5 Å². The largest absolute Gasteiger partial charge is 0.390 e. The second kappa shape index (κ2) is 12.3. The highest BCUT2D eigenvalue weighted by Crippen LogP contribution is 2.39. The summed E-state index contributed by atoms with van der Waals surface area (Å²) in [5.41, 5.74) is -0.696. The van der Waals surface area contributed by atoms with Crippen molar-refractivity contribution in [2.75, 3.05) is 53.4 Å². The summed E-state index contributed by atoms with van der Waals surface area (Å²) in [6, 6.07) is 1.69. The first-order valence-electron chi connectivity index (χ1n) is 9.50. The minimum Gasteiger partial charge on any atom is -0.390 e. The van der Waals surface area contributed by atoms with Crippen molar-refractivity contribution in [3.63, 3.8) is 0 Å². The molecule has 7 nitrogen and oxygen atoms in total. The van der Waals surface area contributed by atoms with Crippen molar-refractivity contribution in [3.8, 4) is 0 Å². The Morgan fingerprint density at radius 3 is 2.33 bits per heavy atom. The van der Waals surface area contributed by atoms with E-state index in [-0.39, 0.29) is 19.1 Å². The smallest absolute Gasteiger partial charge is 0.134 e. The number of methoxy groups -OCH3 is 1. The second-order valence-corrected chi connectivity index (χ2v) is 6.76. The maximum atomic E-state index is 14.9. The van der Waals surface area contributed by atoms with E-state index in [1.807, 2.05) is 0 Å². The fourth-order valence-electron chi connectivity index (χ4n) is 3.07. The third-order valence-electron chi connectivity index (χ3n) is 4.68. The Balaban J connectivity index is 1.56. The minimum absolute atomic E-state index is 0.0882. The molecular weight excluding hydrogens is 355 g/mol. The van der Waals surface area contributed by atoms with Gasteiger partial charge >= 0.3 is 0 Å². The van der Waals surface area contributed by atoms with E-state index in [1.54, 1.807) is 19.4 Å². The zero-order chi connectivity index (χ0) is 19.4. The number of rotatable bonds is 13. The van der Waals surface area contributed by atoms with Gasteiger partial charge in [0, 0.05) is 19.2 Å². The molecule has 0 unspecified atom stereocenters. The maximum absolute atomic E-state index is 14.9. The van der Waals surface area contributed by atoms with Gasteiger partial charge in [0.2, 0.25) is 0 Å². The number of aliphatic hydroxyl groups is 1. The first-order chi connectivity index (χ1) is 13.2. The van der Waals surface area contributed by atoms with E-state index >= 15 is 0 Å². The average Bonchev–Trinajstić information content (AvgIpc) is 2.70. The van der Waals surface area contributed by atoms with Crippen LogP contribution in [0.15, 0.2) is 12.3 Å². The van der Waals surface area contributed by atoms with E-state index in [0.29, 0.717) is 76.8 Å². The Bertz CT molecular complexity index is 527. The van der Waals surface area contributed by atoms with Crippen LogP contribution in [-0.4, -0.2) is 74.1 Å². The summed E-state index contributed by atoms with van der Waals surface area (Å²) in [5.74, 6) is 0.840. The van der Waals surface area contributed by atoms with Gasteiger partial charge in [0.05, 0.1) is 58.5 Å². The first kappa shape index (κ1) is 22.1. The number of aromatic nitrogens is 2. The number of halogens is 1. The van der Waals surface area contributed by atoms with Crippen molar-refractivity contribution in [2.24, 2.45) is 0 Å². The summed E-state index contributed by atoms with van der Waals surface area (Å²) in [7, 11) is 1.63. The molecule has 1 N–H and O–H groups in total. The summed E-state index contributed by atoms with van der Waals surface area (Å²) in [6.07, 6.45) is 3.88. The fourth-order valence-corrected chi connectivity index (χ4v) is 3.07. The molecule has 1 heterocycles. The molecule has 1 aliphatic rings. The van der Waals surface area contributed by atoms with Crippen LogP contribution in [0.2, 0.25) is 0 Å². The van der Waals surface area contributed by atoms with Crippen molar-refractivity contribution in [2.45, 2.75) is 43.9 Å². The van der Waals surface area contributed by atoms with Gasteiger partial charge in [-0.3, -0.25) is 0 Å². The molecule has 154 valence electrons. The van der Waals surface area contributed by atoms with Crippen molar-refractivity contribution in [1.29, 1.82) is 0 Å². The second-order valence-electron chi connectivity index (χ2n) is 6.76. The number of alkyl halides is 1. The highest BCUT2D eigenvalue weighted by molar-refractivity contribution is 5.07. The van der Waals surface area contributed by atoms with Gasteiger partial charge in [0.25, 0.3) is 0 Å². The average molecular weight is 386 g/mol. The number of aliphatic hydroxyl groups excluding tert-OH is 1. The normalized spacial score (nSPS) is 22.9. The van der Waals surface area contributed by atoms with E-state index in [2.05, 4.69) is 9.97 Å². The number of hydrogen-bond donors (Lipinski definition) is 1. The van der Waals surface area contributed by atoms with Crippen LogP contribution < -0.4 is 0 Å². The van der Waals surface area contributed by atoms with Crippen LogP contribution in [0, 0.1) is 0 Å². The van der Waals surface area contributed by atoms with Crippen LogP contribution >= 0.6 is 0 Å². The third kappa shape index (κ3) is 8.15. The maximum Gasteiger partial charge on any atom is 0.134 e. The molecule has 0 aliphatic heterocycles.